The molecule has 0 radical (unpaired) electrons. The Labute approximate surface area is 168 Å². The van der Waals surface area contributed by atoms with Gasteiger partial charge in [0.2, 0.25) is 0 Å². The first-order valence-electron chi connectivity index (χ1n) is 9.72. The number of Topliss-reactive ketones (excluding diaryl/α,β-unsaturated/α-hetero) is 2. The zero-order chi connectivity index (χ0) is 19.6. The van der Waals surface area contributed by atoms with Crippen LogP contribution in [0.4, 0.5) is 0 Å². The van der Waals surface area contributed by atoms with Gasteiger partial charge in [-0.1, -0.05) is 23.7 Å². The maximum Gasteiger partial charge on any atom is 0.154 e. The number of carbonyl (C=O) groups excluding carboxylic acids is 2. The van der Waals surface area contributed by atoms with Gasteiger partial charge in [-0.25, -0.2) is 0 Å². The van der Waals surface area contributed by atoms with Gasteiger partial charge in [-0.15, -0.1) is 0 Å². The van der Waals surface area contributed by atoms with Crippen molar-refractivity contribution in [3.8, 4) is 11.5 Å². The van der Waals surface area contributed by atoms with Gasteiger partial charge >= 0.3 is 0 Å². The molecule has 0 aromatic heterocycles. The van der Waals surface area contributed by atoms with Crippen LogP contribution in [0.25, 0.3) is 0 Å². The standard InChI is InChI=1S/C23H21ClO4/c1-11-9-13(27-15-6-4-3-5-14(15)24)10-12(2)18(11)21-22(25)19-16-7-8-17(28-16)20(19)23(21)26/h3-6,9-10,16-17,19-21H,7-8H2,1-2H3/t16-,17+,19-,20+,21?. The fraction of sp³-hybridized carbons (Fsp3) is 0.391. The highest BCUT2D eigenvalue weighted by Gasteiger charge is 2.63. The van der Waals surface area contributed by atoms with E-state index in [1.807, 2.05) is 44.2 Å². The number of ether oxygens (including phenoxy) is 2. The molecule has 2 aliphatic heterocycles. The first-order valence-corrected chi connectivity index (χ1v) is 10.1. The first kappa shape index (κ1) is 17.9. The molecule has 1 unspecified atom stereocenters. The SMILES string of the molecule is Cc1cc(Oc2ccccc2Cl)cc(C)c1C1C(=O)[C@@H]2[C@H](C1=O)[C@H]1CC[C@@H]2O1. The monoisotopic (exact) mass is 396 g/mol. The second kappa shape index (κ2) is 6.43. The number of halogens is 1. The Morgan fingerprint density at radius 2 is 1.54 bits per heavy atom. The third kappa shape index (κ3) is 2.55. The molecule has 2 saturated heterocycles. The van der Waals surface area contributed by atoms with Crippen LogP contribution in [-0.4, -0.2) is 23.8 Å². The highest BCUT2D eigenvalue weighted by Crippen LogP contribution is 2.53. The van der Waals surface area contributed by atoms with E-state index in [1.165, 1.54) is 0 Å². The Morgan fingerprint density at radius 1 is 0.964 bits per heavy atom. The summed E-state index contributed by atoms with van der Waals surface area (Å²) in [6.45, 7) is 3.86. The van der Waals surface area contributed by atoms with E-state index in [0.717, 1.165) is 29.5 Å². The van der Waals surface area contributed by atoms with Gasteiger partial charge in [-0.05, 0) is 67.6 Å². The molecule has 0 N–H and O–H groups in total. The van der Waals surface area contributed by atoms with Gasteiger partial charge < -0.3 is 9.47 Å². The number of carbonyl (C=O) groups is 2. The zero-order valence-electron chi connectivity index (χ0n) is 15.8. The fourth-order valence-electron chi connectivity index (χ4n) is 5.31. The number of benzene rings is 2. The van der Waals surface area contributed by atoms with Crippen LogP contribution in [-0.2, 0) is 14.3 Å². The minimum absolute atomic E-state index is 0.0353. The van der Waals surface area contributed by atoms with Crippen LogP contribution < -0.4 is 4.74 Å². The summed E-state index contributed by atoms with van der Waals surface area (Å²) in [5, 5.41) is 0.534. The van der Waals surface area contributed by atoms with Crippen LogP contribution in [0.3, 0.4) is 0 Å². The highest BCUT2D eigenvalue weighted by molar-refractivity contribution is 6.32. The minimum Gasteiger partial charge on any atom is -0.456 e. The third-order valence-electron chi connectivity index (χ3n) is 6.42. The lowest BCUT2D eigenvalue weighted by Crippen LogP contribution is -2.29. The molecule has 2 aromatic carbocycles. The van der Waals surface area contributed by atoms with Crippen molar-refractivity contribution in [3.63, 3.8) is 0 Å². The number of para-hydroxylation sites is 1. The van der Waals surface area contributed by atoms with E-state index in [-0.39, 0.29) is 35.6 Å². The normalized spacial score (nSPS) is 30.8. The smallest absolute Gasteiger partial charge is 0.154 e. The van der Waals surface area contributed by atoms with Gasteiger partial charge in [0.1, 0.15) is 17.4 Å². The van der Waals surface area contributed by atoms with Crippen molar-refractivity contribution in [2.24, 2.45) is 11.8 Å². The molecular formula is C23H21ClO4. The molecule has 2 heterocycles. The quantitative estimate of drug-likeness (QED) is 0.701. The van der Waals surface area contributed by atoms with Gasteiger partial charge in [0.15, 0.2) is 11.6 Å². The summed E-state index contributed by atoms with van der Waals surface area (Å²) in [6, 6.07) is 11.1. The van der Waals surface area contributed by atoms with Gasteiger partial charge in [-0.2, -0.15) is 0 Å². The van der Waals surface area contributed by atoms with Crippen LogP contribution >= 0.6 is 11.6 Å². The van der Waals surface area contributed by atoms with E-state index in [0.29, 0.717) is 16.5 Å². The molecule has 3 aliphatic rings. The van der Waals surface area contributed by atoms with Crippen molar-refractivity contribution < 1.29 is 19.1 Å². The van der Waals surface area contributed by atoms with E-state index < -0.39 is 5.92 Å². The Morgan fingerprint density at radius 3 is 2.11 bits per heavy atom. The van der Waals surface area contributed by atoms with Gasteiger partial charge in [0, 0.05) is 0 Å². The maximum atomic E-state index is 13.2. The molecule has 1 aliphatic carbocycles. The average molecular weight is 397 g/mol. The second-order valence-electron chi connectivity index (χ2n) is 8.08. The number of hydrogen-bond donors (Lipinski definition) is 0. The molecule has 5 atom stereocenters. The molecule has 5 rings (SSSR count). The van der Waals surface area contributed by atoms with Crippen LogP contribution in [0, 0.1) is 25.7 Å². The second-order valence-corrected chi connectivity index (χ2v) is 8.49. The minimum atomic E-state index is -0.670. The predicted octanol–water partition coefficient (Wildman–Crippen LogP) is 4.78. The number of fused-ring (bicyclic) bond motifs is 5. The van der Waals surface area contributed by atoms with Crippen molar-refractivity contribution in [1.29, 1.82) is 0 Å². The van der Waals surface area contributed by atoms with Crippen LogP contribution in [0.5, 0.6) is 11.5 Å². The molecule has 4 nitrogen and oxygen atoms in total. The lowest BCUT2D eigenvalue weighted by atomic mass is 9.81. The molecule has 144 valence electrons. The summed E-state index contributed by atoms with van der Waals surface area (Å²) in [5.41, 5.74) is 2.61. The predicted molar refractivity (Wildman–Crippen MR) is 105 cm³/mol. The summed E-state index contributed by atoms with van der Waals surface area (Å²) in [5.74, 6) is 0.112. The van der Waals surface area contributed by atoms with E-state index in [1.54, 1.807) is 6.07 Å². The fourth-order valence-corrected chi connectivity index (χ4v) is 5.49. The summed E-state index contributed by atoms with van der Waals surface area (Å²) in [4.78, 5) is 26.3. The number of rotatable bonds is 3. The Balaban J connectivity index is 1.49. The first-order chi connectivity index (χ1) is 13.5. The molecule has 5 heteroatoms. The van der Waals surface area contributed by atoms with Crippen LogP contribution in [0.1, 0.15) is 35.4 Å². The highest BCUT2D eigenvalue weighted by atomic mass is 35.5. The van der Waals surface area contributed by atoms with E-state index >= 15 is 0 Å². The maximum absolute atomic E-state index is 13.2. The average Bonchev–Trinajstić information content (AvgIpc) is 3.33. The largest absolute Gasteiger partial charge is 0.456 e. The van der Waals surface area contributed by atoms with Crippen molar-refractivity contribution in [1.82, 2.24) is 0 Å². The summed E-state index contributed by atoms with van der Waals surface area (Å²) in [7, 11) is 0. The summed E-state index contributed by atoms with van der Waals surface area (Å²) >= 11 is 6.19. The van der Waals surface area contributed by atoms with Crippen molar-refractivity contribution in [3.05, 3.63) is 58.1 Å². The van der Waals surface area contributed by atoms with E-state index in [9.17, 15) is 9.59 Å². The van der Waals surface area contributed by atoms with E-state index in [4.69, 9.17) is 21.1 Å². The molecular weight excluding hydrogens is 376 g/mol. The molecule has 0 amide bonds. The lowest BCUT2D eigenvalue weighted by Gasteiger charge is -2.19. The Bertz CT molecular complexity index is 947. The van der Waals surface area contributed by atoms with Crippen LogP contribution in [0.2, 0.25) is 5.02 Å². The Hall–Kier alpha value is -2.17. The lowest BCUT2D eigenvalue weighted by molar-refractivity contribution is -0.127. The summed E-state index contributed by atoms with van der Waals surface area (Å²) in [6.07, 6.45) is 1.64. The molecule has 2 bridgehead atoms. The van der Waals surface area contributed by atoms with Gasteiger partial charge in [0.05, 0.1) is 29.1 Å². The molecule has 3 fully saturated rings. The number of aryl methyl sites for hydroxylation is 2. The molecule has 1 saturated carbocycles. The summed E-state index contributed by atoms with van der Waals surface area (Å²) < 4.78 is 11.8. The van der Waals surface area contributed by atoms with Crippen LogP contribution in [0.15, 0.2) is 36.4 Å². The molecule has 0 spiro atoms. The topological polar surface area (TPSA) is 52.6 Å². The zero-order valence-corrected chi connectivity index (χ0v) is 16.5. The van der Waals surface area contributed by atoms with E-state index in [2.05, 4.69) is 0 Å². The molecule has 28 heavy (non-hydrogen) atoms. The third-order valence-corrected chi connectivity index (χ3v) is 6.73. The Kier molecular flexibility index (Phi) is 4.11. The molecule has 2 aromatic rings. The number of ketones is 2. The van der Waals surface area contributed by atoms with Crippen molar-refractivity contribution in [2.75, 3.05) is 0 Å². The van der Waals surface area contributed by atoms with Crippen molar-refractivity contribution in [2.45, 2.75) is 44.8 Å². The van der Waals surface area contributed by atoms with Gasteiger partial charge in [0.25, 0.3) is 0 Å². The number of hydrogen-bond acceptors (Lipinski definition) is 4. The van der Waals surface area contributed by atoms with Crippen molar-refractivity contribution >= 4 is 23.2 Å². The van der Waals surface area contributed by atoms with Gasteiger partial charge in [-0.3, -0.25) is 9.59 Å².